The lowest BCUT2D eigenvalue weighted by atomic mass is 10.2. The fraction of sp³-hybridized carbons (Fsp3) is 0.200. The zero-order valence-electron chi connectivity index (χ0n) is 7.64. The molecule has 14 heavy (non-hydrogen) atoms. The molecular formula is C10H10O4. The van der Waals surface area contributed by atoms with E-state index < -0.39 is 17.5 Å². The molecule has 0 aliphatic carbocycles. The van der Waals surface area contributed by atoms with Crippen molar-refractivity contribution in [1.82, 2.24) is 0 Å². The molecule has 0 aliphatic rings. The summed E-state index contributed by atoms with van der Waals surface area (Å²) in [6.07, 6.45) is 1.47. The normalized spacial score (nSPS) is 13.0. The number of aliphatic hydroxyl groups is 1. The molecule has 0 unspecified atom stereocenters. The summed E-state index contributed by atoms with van der Waals surface area (Å²) in [6.45, 7) is 1.37. The molecule has 0 saturated carbocycles. The average molecular weight is 194 g/mol. The van der Waals surface area contributed by atoms with Crippen molar-refractivity contribution in [1.29, 1.82) is 0 Å². The summed E-state index contributed by atoms with van der Waals surface area (Å²) in [6, 6.07) is 4.35. The van der Waals surface area contributed by atoms with Crippen molar-refractivity contribution in [2.75, 3.05) is 0 Å². The summed E-state index contributed by atoms with van der Waals surface area (Å²) < 4.78 is 4.73. The number of carbonyl (C=O) groups is 1. The highest BCUT2D eigenvalue weighted by atomic mass is 16.4. The first-order valence-electron chi connectivity index (χ1n) is 4.10. The third-order valence-corrected chi connectivity index (χ3v) is 1.53. The molecule has 0 aliphatic heterocycles. The van der Waals surface area contributed by atoms with Gasteiger partial charge in [-0.05, 0) is 25.1 Å². The van der Waals surface area contributed by atoms with E-state index in [1.807, 2.05) is 0 Å². The maximum Gasteiger partial charge on any atom is 0.336 e. The van der Waals surface area contributed by atoms with Crippen LogP contribution in [0.3, 0.4) is 0 Å². The van der Waals surface area contributed by atoms with Gasteiger partial charge in [-0.25, -0.2) is 4.79 Å². The van der Waals surface area contributed by atoms with E-state index in [0.717, 1.165) is 0 Å². The van der Waals surface area contributed by atoms with E-state index in [1.54, 1.807) is 6.07 Å². The van der Waals surface area contributed by atoms with Gasteiger partial charge in [0.25, 0.3) is 0 Å². The maximum atomic E-state index is 10.9. The lowest BCUT2D eigenvalue weighted by Crippen LogP contribution is -2.12. The Hall–Kier alpha value is -1.68. The number of ketones is 1. The molecule has 1 heterocycles. The molecule has 1 N–H and O–H groups in total. The van der Waals surface area contributed by atoms with Crippen LogP contribution in [0.15, 0.2) is 33.5 Å². The van der Waals surface area contributed by atoms with Crippen LogP contribution in [0, 0.1) is 0 Å². The van der Waals surface area contributed by atoms with Crippen LogP contribution in [0.5, 0.6) is 0 Å². The molecular weight excluding hydrogens is 184 g/mol. The number of aliphatic hydroxyl groups excluding tert-OH is 1. The highest BCUT2D eigenvalue weighted by Crippen LogP contribution is 1.98. The highest BCUT2D eigenvalue weighted by molar-refractivity contribution is 5.96. The summed E-state index contributed by atoms with van der Waals surface area (Å²) in [5.74, 6) is -0.150. The minimum absolute atomic E-state index is 0.284. The average Bonchev–Trinajstić information content (AvgIpc) is 2.14. The number of hydrogen-bond acceptors (Lipinski definition) is 4. The van der Waals surface area contributed by atoms with Gasteiger partial charge in [-0.3, -0.25) is 4.79 Å². The molecule has 74 valence electrons. The monoisotopic (exact) mass is 194 g/mol. The minimum atomic E-state index is -1.04. The van der Waals surface area contributed by atoms with Crippen LogP contribution in [-0.2, 0) is 4.79 Å². The quantitative estimate of drug-likeness (QED) is 0.715. The van der Waals surface area contributed by atoms with Gasteiger partial charge in [0.15, 0.2) is 5.78 Å². The van der Waals surface area contributed by atoms with E-state index in [-0.39, 0.29) is 5.76 Å². The minimum Gasteiger partial charge on any atom is -0.423 e. The zero-order valence-corrected chi connectivity index (χ0v) is 7.64. The van der Waals surface area contributed by atoms with E-state index in [1.165, 1.54) is 31.2 Å². The Kier molecular flexibility index (Phi) is 3.36. The molecule has 0 amide bonds. The van der Waals surface area contributed by atoms with Crippen molar-refractivity contribution in [3.63, 3.8) is 0 Å². The van der Waals surface area contributed by atoms with Crippen molar-refractivity contribution >= 4 is 11.9 Å². The molecule has 1 aromatic heterocycles. The van der Waals surface area contributed by atoms with E-state index in [2.05, 4.69) is 0 Å². The summed E-state index contributed by atoms with van der Waals surface area (Å²) in [5.41, 5.74) is -0.475. The first kappa shape index (κ1) is 10.4. The summed E-state index contributed by atoms with van der Waals surface area (Å²) >= 11 is 0. The molecule has 1 aromatic rings. The lowest BCUT2D eigenvalue weighted by molar-refractivity contribution is -0.121. The van der Waals surface area contributed by atoms with Crippen molar-refractivity contribution in [2.45, 2.75) is 13.0 Å². The molecule has 4 nitrogen and oxygen atoms in total. The second-order valence-corrected chi connectivity index (χ2v) is 2.76. The Morgan fingerprint density at radius 1 is 1.57 bits per heavy atom. The molecule has 0 radical (unpaired) electrons. The van der Waals surface area contributed by atoms with E-state index in [4.69, 9.17) is 9.52 Å². The van der Waals surface area contributed by atoms with Crippen molar-refractivity contribution < 1.29 is 14.3 Å². The van der Waals surface area contributed by atoms with Crippen molar-refractivity contribution in [3.05, 3.63) is 40.5 Å². The molecule has 0 spiro atoms. The van der Waals surface area contributed by atoms with Crippen LogP contribution in [0.1, 0.15) is 12.7 Å². The molecule has 0 bridgehead atoms. The van der Waals surface area contributed by atoms with Gasteiger partial charge in [-0.1, -0.05) is 6.07 Å². The molecule has 1 rings (SSSR count). The van der Waals surface area contributed by atoms with Crippen molar-refractivity contribution in [2.24, 2.45) is 0 Å². The van der Waals surface area contributed by atoms with Crippen LogP contribution in [0.25, 0.3) is 6.08 Å². The van der Waals surface area contributed by atoms with Gasteiger partial charge in [0.05, 0.1) is 0 Å². The second kappa shape index (κ2) is 4.53. The SMILES string of the molecule is C[C@@H](O)C(=O)C=Cc1cccc(=O)o1. The van der Waals surface area contributed by atoms with Crippen molar-refractivity contribution in [3.8, 4) is 0 Å². The van der Waals surface area contributed by atoms with Gasteiger partial charge in [0, 0.05) is 6.07 Å². The maximum absolute atomic E-state index is 10.9. The van der Waals surface area contributed by atoms with Crippen LogP contribution in [0.2, 0.25) is 0 Å². The first-order valence-corrected chi connectivity index (χ1v) is 4.10. The van der Waals surface area contributed by atoms with Gasteiger partial charge in [0.1, 0.15) is 11.9 Å². The number of hydrogen-bond donors (Lipinski definition) is 1. The predicted molar refractivity (Wildman–Crippen MR) is 50.7 cm³/mol. The van der Waals surface area contributed by atoms with Crippen LogP contribution in [0.4, 0.5) is 0 Å². The number of carbonyl (C=O) groups excluding carboxylic acids is 1. The van der Waals surface area contributed by atoms with Gasteiger partial charge in [-0.15, -0.1) is 0 Å². The van der Waals surface area contributed by atoms with Gasteiger partial charge < -0.3 is 9.52 Å². The van der Waals surface area contributed by atoms with E-state index in [9.17, 15) is 9.59 Å². The number of rotatable bonds is 3. The van der Waals surface area contributed by atoms with E-state index in [0.29, 0.717) is 0 Å². The fourth-order valence-corrected chi connectivity index (χ4v) is 0.799. The van der Waals surface area contributed by atoms with Crippen LogP contribution < -0.4 is 5.63 Å². The third kappa shape index (κ3) is 2.99. The Balaban J connectivity index is 2.79. The van der Waals surface area contributed by atoms with Crippen LogP contribution >= 0.6 is 0 Å². The molecule has 0 fully saturated rings. The van der Waals surface area contributed by atoms with Gasteiger partial charge in [0.2, 0.25) is 0 Å². The lowest BCUT2D eigenvalue weighted by Gasteiger charge is -1.95. The Labute approximate surface area is 80.5 Å². The Morgan fingerprint density at radius 2 is 2.29 bits per heavy atom. The smallest absolute Gasteiger partial charge is 0.336 e. The molecule has 0 saturated heterocycles. The molecule has 4 heteroatoms. The second-order valence-electron chi connectivity index (χ2n) is 2.76. The Bertz CT molecular complexity index is 401. The van der Waals surface area contributed by atoms with Gasteiger partial charge in [-0.2, -0.15) is 0 Å². The topological polar surface area (TPSA) is 67.5 Å². The van der Waals surface area contributed by atoms with Gasteiger partial charge >= 0.3 is 5.63 Å². The summed E-state index contributed by atoms with van der Waals surface area (Å²) in [5, 5.41) is 8.86. The highest BCUT2D eigenvalue weighted by Gasteiger charge is 2.03. The summed E-state index contributed by atoms with van der Waals surface area (Å²) in [7, 11) is 0. The standard InChI is InChI=1S/C10H10O4/c1-7(11)9(12)6-5-8-3-2-4-10(13)14-8/h2-7,11H,1H3/t7-/m1/s1. The largest absolute Gasteiger partial charge is 0.423 e. The zero-order chi connectivity index (χ0) is 10.6. The molecule has 0 aromatic carbocycles. The Morgan fingerprint density at radius 3 is 2.86 bits per heavy atom. The first-order chi connectivity index (χ1) is 6.59. The fourth-order valence-electron chi connectivity index (χ4n) is 0.799. The third-order valence-electron chi connectivity index (χ3n) is 1.53. The van der Waals surface area contributed by atoms with E-state index >= 15 is 0 Å². The predicted octanol–water partition coefficient (Wildman–Crippen LogP) is 0.603. The van der Waals surface area contributed by atoms with Crippen LogP contribution in [-0.4, -0.2) is 17.0 Å². The summed E-state index contributed by atoms with van der Waals surface area (Å²) in [4.78, 5) is 21.7. The molecule has 1 atom stereocenters.